The third-order valence-electron chi connectivity index (χ3n) is 3.05. The van der Waals surface area contributed by atoms with E-state index < -0.39 is 5.97 Å². The van der Waals surface area contributed by atoms with Gasteiger partial charge in [-0.25, -0.2) is 4.79 Å². The minimum Gasteiger partial charge on any atom is -0.465 e. The first-order valence-corrected chi connectivity index (χ1v) is 6.78. The molecule has 0 atom stereocenters. The Balaban J connectivity index is 2.14. The number of esters is 1. The number of hydrogen-bond donors (Lipinski definition) is 1. The van der Waals surface area contributed by atoms with Crippen molar-refractivity contribution in [2.75, 3.05) is 12.4 Å². The van der Waals surface area contributed by atoms with Crippen LogP contribution in [-0.2, 0) is 17.8 Å². The lowest BCUT2D eigenvalue weighted by molar-refractivity contribution is 0.0602. The Morgan fingerprint density at radius 3 is 2.85 bits per heavy atom. The van der Waals surface area contributed by atoms with Crippen molar-refractivity contribution in [1.29, 1.82) is 0 Å². The van der Waals surface area contributed by atoms with Crippen LogP contribution in [0.25, 0.3) is 0 Å². The molecule has 0 aliphatic carbocycles. The van der Waals surface area contributed by atoms with Gasteiger partial charge in [0.05, 0.1) is 12.7 Å². The van der Waals surface area contributed by atoms with Gasteiger partial charge in [0, 0.05) is 36.2 Å². The predicted octanol–water partition coefficient (Wildman–Crippen LogP) is 3.56. The summed E-state index contributed by atoms with van der Waals surface area (Å²) >= 11 is 5.92. The van der Waals surface area contributed by atoms with Gasteiger partial charge in [-0.3, -0.25) is 0 Å². The van der Waals surface area contributed by atoms with Gasteiger partial charge in [0.25, 0.3) is 0 Å². The number of aryl methyl sites for hydroxylation is 1. The Kier molecular flexibility index (Phi) is 4.69. The molecule has 0 aliphatic heterocycles. The SMILES string of the molecule is CCn1ccc(CNc2ccc(Cl)cc2C(=O)OC)c1. The lowest BCUT2D eigenvalue weighted by Gasteiger charge is -2.10. The van der Waals surface area contributed by atoms with Crippen LogP contribution in [0.4, 0.5) is 5.69 Å². The lowest BCUT2D eigenvalue weighted by atomic mass is 10.1. The molecule has 1 N–H and O–H groups in total. The number of anilines is 1. The van der Waals surface area contributed by atoms with Crippen LogP contribution >= 0.6 is 11.6 Å². The van der Waals surface area contributed by atoms with Crippen LogP contribution in [0.3, 0.4) is 0 Å². The van der Waals surface area contributed by atoms with E-state index in [4.69, 9.17) is 16.3 Å². The van der Waals surface area contributed by atoms with Crippen LogP contribution in [0.1, 0.15) is 22.8 Å². The molecule has 0 unspecified atom stereocenters. The minimum absolute atomic E-state index is 0.402. The molecule has 0 amide bonds. The molecule has 0 radical (unpaired) electrons. The molecule has 5 heteroatoms. The van der Waals surface area contributed by atoms with Crippen molar-refractivity contribution in [3.63, 3.8) is 0 Å². The largest absolute Gasteiger partial charge is 0.465 e. The summed E-state index contributed by atoms with van der Waals surface area (Å²) < 4.78 is 6.86. The topological polar surface area (TPSA) is 43.3 Å². The van der Waals surface area contributed by atoms with Gasteiger partial charge in [0.15, 0.2) is 0 Å². The highest BCUT2D eigenvalue weighted by Gasteiger charge is 2.12. The van der Waals surface area contributed by atoms with Gasteiger partial charge in [0.2, 0.25) is 0 Å². The molecule has 0 fully saturated rings. The highest BCUT2D eigenvalue weighted by atomic mass is 35.5. The fraction of sp³-hybridized carbons (Fsp3) is 0.267. The van der Waals surface area contributed by atoms with E-state index in [1.807, 2.05) is 12.3 Å². The summed E-state index contributed by atoms with van der Waals surface area (Å²) in [7, 11) is 1.36. The Morgan fingerprint density at radius 2 is 2.20 bits per heavy atom. The summed E-state index contributed by atoms with van der Waals surface area (Å²) in [5, 5.41) is 3.74. The molecular formula is C15H17ClN2O2. The zero-order valence-corrected chi connectivity index (χ0v) is 12.3. The van der Waals surface area contributed by atoms with Gasteiger partial charge in [-0.05, 0) is 36.8 Å². The number of nitrogens with zero attached hydrogens (tertiary/aromatic N) is 1. The van der Waals surface area contributed by atoms with Crippen LogP contribution in [0.15, 0.2) is 36.7 Å². The van der Waals surface area contributed by atoms with Crippen molar-refractivity contribution in [3.05, 3.63) is 52.8 Å². The number of nitrogens with one attached hydrogen (secondary N) is 1. The fourth-order valence-electron chi connectivity index (χ4n) is 1.94. The van der Waals surface area contributed by atoms with E-state index in [1.54, 1.807) is 18.2 Å². The summed E-state index contributed by atoms with van der Waals surface area (Å²) in [6.45, 7) is 3.67. The van der Waals surface area contributed by atoms with Crippen LogP contribution in [0.2, 0.25) is 5.02 Å². The first-order valence-electron chi connectivity index (χ1n) is 6.40. The summed E-state index contributed by atoms with van der Waals surface area (Å²) in [6.07, 6.45) is 4.10. The molecule has 0 spiro atoms. The van der Waals surface area contributed by atoms with Crippen molar-refractivity contribution >= 4 is 23.3 Å². The summed E-state index contributed by atoms with van der Waals surface area (Å²) in [6, 6.07) is 7.18. The highest BCUT2D eigenvalue weighted by Crippen LogP contribution is 2.22. The quantitative estimate of drug-likeness (QED) is 0.857. The molecule has 106 valence electrons. The van der Waals surface area contributed by atoms with Crippen molar-refractivity contribution < 1.29 is 9.53 Å². The molecule has 0 bridgehead atoms. The van der Waals surface area contributed by atoms with Gasteiger partial charge < -0.3 is 14.6 Å². The van der Waals surface area contributed by atoms with Crippen LogP contribution in [-0.4, -0.2) is 17.6 Å². The summed E-state index contributed by atoms with van der Waals surface area (Å²) in [5.74, 6) is -0.402. The zero-order valence-electron chi connectivity index (χ0n) is 11.5. The van der Waals surface area contributed by atoms with Gasteiger partial charge in [-0.2, -0.15) is 0 Å². The third kappa shape index (κ3) is 3.33. The number of benzene rings is 1. The molecule has 1 aromatic carbocycles. The van der Waals surface area contributed by atoms with Crippen molar-refractivity contribution in [1.82, 2.24) is 4.57 Å². The van der Waals surface area contributed by atoms with Gasteiger partial charge in [-0.15, -0.1) is 0 Å². The Hall–Kier alpha value is -1.94. The molecule has 4 nitrogen and oxygen atoms in total. The van der Waals surface area contributed by atoms with E-state index in [-0.39, 0.29) is 0 Å². The normalized spacial score (nSPS) is 10.3. The smallest absolute Gasteiger partial charge is 0.340 e. The lowest BCUT2D eigenvalue weighted by Crippen LogP contribution is -2.08. The Labute approximate surface area is 123 Å². The number of carbonyl (C=O) groups excluding carboxylic acids is 1. The zero-order chi connectivity index (χ0) is 14.5. The van der Waals surface area contributed by atoms with E-state index >= 15 is 0 Å². The standard InChI is InChI=1S/C15H17ClN2O2/c1-3-18-7-6-11(10-18)9-17-14-5-4-12(16)8-13(14)15(19)20-2/h4-8,10,17H,3,9H2,1-2H3. The number of halogens is 1. The second-order valence-electron chi connectivity index (χ2n) is 4.39. The van der Waals surface area contributed by atoms with E-state index in [2.05, 4.69) is 23.0 Å². The van der Waals surface area contributed by atoms with Gasteiger partial charge in [0.1, 0.15) is 0 Å². The molecular weight excluding hydrogens is 276 g/mol. The number of rotatable bonds is 5. The highest BCUT2D eigenvalue weighted by molar-refractivity contribution is 6.31. The average Bonchev–Trinajstić information content (AvgIpc) is 2.93. The monoisotopic (exact) mass is 292 g/mol. The van der Waals surface area contributed by atoms with Crippen molar-refractivity contribution in [2.24, 2.45) is 0 Å². The maximum Gasteiger partial charge on any atom is 0.340 e. The summed E-state index contributed by atoms with van der Waals surface area (Å²) in [4.78, 5) is 11.7. The van der Waals surface area contributed by atoms with E-state index in [9.17, 15) is 4.79 Å². The van der Waals surface area contributed by atoms with E-state index in [0.29, 0.717) is 22.8 Å². The number of carbonyl (C=O) groups is 1. The first-order chi connectivity index (χ1) is 9.63. The minimum atomic E-state index is -0.402. The number of methoxy groups -OCH3 is 1. The Morgan fingerprint density at radius 1 is 1.40 bits per heavy atom. The maximum absolute atomic E-state index is 11.7. The molecule has 20 heavy (non-hydrogen) atoms. The van der Waals surface area contributed by atoms with Gasteiger partial charge >= 0.3 is 5.97 Å². The van der Waals surface area contributed by atoms with E-state index in [1.165, 1.54) is 7.11 Å². The average molecular weight is 293 g/mol. The molecule has 2 rings (SSSR count). The number of aromatic nitrogens is 1. The predicted molar refractivity (Wildman–Crippen MR) is 80.2 cm³/mol. The molecule has 2 aromatic rings. The molecule has 0 saturated carbocycles. The van der Waals surface area contributed by atoms with Crippen LogP contribution in [0.5, 0.6) is 0 Å². The maximum atomic E-state index is 11.7. The second kappa shape index (κ2) is 6.48. The van der Waals surface area contributed by atoms with Crippen molar-refractivity contribution in [3.8, 4) is 0 Å². The van der Waals surface area contributed by atoms with E-state index in [0.717, 1.165) is 12.1 Å². The van der Waals surface area contributed by atoms with Crippen LogP contribution in [0, 0.1) is 0 Å². The fourth-order valence-corrected chi connectivity index (χ4v) is 2.11. The van der Waals surface area contributed by atoms with Crippen LogP contribution < -0.4 is 5.32 Å². The van der Waals surface area contributed by atoms with Crippen molar-refractivity contribution in [2.45, 2.75) is 20.0 Å². The molecule has 1 heterocycles. The Bertz CT molecular complexity index is 608. The summed E-state index contributed by atoms with van der Waals surface area (Å²) in [5.41, 5.74) is 2.30. The van der Waals surface area contributed by atoms with Gasteiger partial charge in [-0.1, -0.05) is 11.6 Å². The number of ether oxygens (including phenoxy) is 1. The molecule has 0 aliphatic rings. The first kappa shape index (κ1) is 14.5. The third-order valence-corrected chi connectivity index (χ3v) is 3.28. The number of hydrogen-bond acceptors (Lipinski definition) is 3. The molecule has 1 aromatic heterocycles. The second-order valence-corrected chi connectivity index (χ2v) is 4.82. The molecule has 0 saturated heterocycles.